The first-order valence-corrected chi connectivity index (χ1v) is 10.5. The molecule has 1 atom stereocenters. The van der Waals surface area contributed by atoms with Gasteiger partial charge in [-0.05, 0) is 18.8 Å². The molecule has 0 aliphatic heterocycles. The Bertz CT molecular complexity index is 371. The monoisotopic (exact) mass is 349 g/mol. The van der Waals surface area contributed by atoms with E-state index >= 15 is 0 Å². The van der Waals surface area contributed by atoms with E-state index in [0.717, 1.165) is 44.9 Å². The second kappa shape index (κ2) is 12.0. The molecule has 1 saturated carbocycles. The van der Waals surface area contributed by atoms with Gasteiger partial charge in [0.05, 0.1) is 6.61 Å². The molecule has 0 radical (unpaired) electrons. The molecular formula is C16H32NO5P. The number of rotatable bonds is 12. The van der Waals surface area contributed by atoms with Gasteiger partial charge in [-0.15, -0.1) is 0 Å². The lowest BCUT2D eigenvalue weighted by Gasteiger charge is -2.21. The summed E-state index contributed by atoms with van der Waals surface area (Å²) in [4.78, 5) is 21.1. The number of hydrogen-bond acceptors (Lipinski definition) is 4. The maximum absolute atomic E-state index is 11.7. The molecule has 1 unspecified atom stereocenters. The summed E-state index contributed by atoms with van der Waals surface area (Å²) in [5.74, 6) is 0.188. The number of amides is 1. The number of hydrogen-bond donors (Lipinski definition) is 2. The molecule has 1 amide bonds. The number of hydroxylamine groups is 1. The average Bonchev–Trinajstić information content (AvgIpc) is 2.54. The molecule has 6 nitrogen and oxygen atoms in total. The summed E-state index contributed by atoms with van der Waals surface area (Å²) in [6, 6.07) is 0. The first-order valence-electron chi connectivity index (χ1n) is 8.98. The third-order valence-corrected chi connectivity index (χ3v) is 5.12. The van der Waals surface area contributed by atoms with Crippen molar-refractivity contribution in [3.05, 3.63) is 0 Å². The fraction of sp³-hybridized carbons (Fsp3) is 0.938. The summed E-state index contributed by atoms with van der Waals surface area (Å²) in [6.45, 7) is 2.32. The maximum Gasteiger partial charge on any atom is 0.493 e. The average molecular weight is 349 g/mol. The van der Waals surface area contributed by atoms with Gasteiger partial charge in [0.1, 0.15) is 0 Å². The molecule has 0 saturated heterocycles. The molecule has 23 heavy (non-hydrogen) atoms. The minimum atomic E-state index is -4.20. The van der Waals surface area contributed by atoms with E-state index in [9.17, 15) is 14.3 Å². The van der Waals surface area contributed by atoms with Crippen LogP contribution in [0.5, 0.6) is 0 Å². The van der Waals surface area contributed by atoms with Gasteiger partial charge < -0.3 is 4.89 Å². The van der Waals surface area contributed by atoms with E-state index in [0.29, 0.717) is 12.3 Å². The minimum absolute atomic E-state index is 0.186. The van der Waals surface area contributed by atoms with Crippen molar-refractivity contribution in [1.29, 1.82) is 0 Å². The number of unbranched alkanes of at least 4 members (excludes halogenated alkanes) is 4. The van der Waals surface area contributed by atoms with Gasteiger partial charge in [-0.2, -0.15) is 4.62 Å². The number of carbonyl (C=O) groups excluding carboxylic acids is 1. The van der Waals surface area contributed by atoms with E-state index in [1.807, 2.05) is 5.48 Å². The van der Waals surface area contributed by atoms with Gasteiger partial charge in [-0.25, -0.2) is 10.0 Å². The Hall–Kier alpha value is -0.420. The highest BCUT2D eigenvalue weighted by molar-refractivity contribution is 7.47. The van der Waals surface area contributed by atoms with Crippen molar-refractivity contribution in [1.82, 2.24) is 5.48 Å². The van der Waals surface area contributed by atoms with Gasteiger partial charge >= 0.3 is 7.82 Å². The zero-order valence-electron chi connectivity index (χ0n) is 14.3. The van der Waals surface area contributed by atoms with Crippen LogP contribution in [0.25, 0.3) is 0 Å². The van der Waals surface area contributed by atoms with Crippen molar-refractivity contribution in [2.45, 2.75) is 84.0 Å². The highest BCUT2D eigenvalue weighted by Crippen LogP contribution is 2.42. The van der Waals surface area contributed by atoms with Crippen LogP contribution in [0.1, 0.15) is 84.0 Å². The molecule has 0 bridgehead atoms. The van der Waals surface area contributed by atoms with Crippen molar-refractivity contribution in [3.8, 4) is 0 Å². The largest absolute Gasteiger partial charge is 0.493 e. The highest BCUT2D eigenvalue weighted by atomic mass is 31.2. The summed E-state index contributed by atoms with van der Waals surface area (Å²) in [5, 5.41) is 0. The summed E-state index contributed by atoms with van der Waals surface area (Å²) in [6.07, 6.45) is 12.3. The normalized spacial score (nSPS) is 18.5. The fourth-order valence-electron chi connectivity index (χ4n) is 2.89. The number of phosphoric ester groups is 1. The predicted molar refractivity (Wildman–Crippen MR) is 89.6 cm³/mol. The van der Waals surface area contributed by atoms with Crippen LogP contribution in [-0.2, 0) is 18.5 Å². The van der Waals surface area contributed by atoms with Gasteiger partial charge in [-0.1, -0.05) is 64.7 Å². The number of carbonyl (C=O) groups is 1. The molecule has 0 aromatic rings. The van der Waals surface area contributed by atoms with Crippen LogP contribution in [0.2, 0.25) is 0 Å². The summed E-state index contributed by atoms with van der Waals surface area (Å²) in [7, 11) is -4.20. The van der Waals surface area contributed by atoms with Crippen LogP contribution < -0.4 is 5.48 Å². The van der Waals surface area contributed by atoms with E-state index in [1.165, 1.54) is 25.7 Å². The molecule has 1 aliphatic carbocycles. The Kier molecular flexibility index (Phi) is 10.8. The van der Waals surface area contributed by atoms with Gasteiger partial charge in [0.15, 0.2) is 0 Å². The van der Waals surface area contributed by atoms with E-state index in [2.05, 4.69) is 11.5 Å². The molecule has 1 aliphatic rings. The SMILES string of the molecule is CCCCCCCC(=O)NOP(=O)(O)OCCC1CCCCC1. The number of nitrogens with one attached hydrogen (secondary N) is 1. The lowest BCUT2D eigenvalue weighted by atomic mass is 9.87. The molecular weight excluding hydrogens is 317 g/mol. The zero-order chi connectivity index (χ0) is 17.0. The molecule has 1 fully saturated rings. The van der Waals surface area contributed by atoms with Gasteiger partial charge in [0.2, 0.25) is 5.91 Å². The molecule has 0 spiro atoms. The Morgan fingerprint density at radius 2 is 1.87 bits per heavy atom. The van der Waals surface area contributed by atoms with Crippen molar-refractivity contribution >= 4 is 13.7 Å². The van der Waals surface area contributed by atoms with Crippen molar-refractivity contribution in [2.75, 3.05) is 6.61 Å². The molecule has 7 heteroatoms. The van der Waals surface area contributed by atoms with Crippen LogP contribution in [0.3, 0.4) is 0 Å². The van der Waals surface area contributed by atoms with Crippen molar-refractivity contribution < 1.29 is 23.4 Å². The van der Waals surface area contributed by atoms with Crippen molar-refractivity contribution in [3.63, 3.8) is 0 Å². The summed E-state index contributed by atoms with van der Waals surface area (Å²) >= 11 is 0. The Morgan fingerprint density at radius 3 is 2.57 bits per heavy atom. The van der Waals surface area contributed by atoms with E-state index in [1.54, 1.807) is 0 Å². The molecule has 0 aromatic carbocycles. The number of phosphoric acid groups is 1. The Balaban J connectivity index is 2.06. The minimum Gasteiger partial charge on any atom is -0.301 e. The van der Waals surface area contributed by atoms with E-state index < -0.39 is 7.82 Å². The summed E-state index contributed by atoms with van der Waals surface area (Å²) < 4.78 is 21.1. The summed E-state index contributed by atoms with van der Waals surface area (Å²) in [5.41, 5.74) is 2.03. The second-order valence-corrected chi connectivity index (χ2v) is 7.75. The topological polar surface area (TPSA) is 84.9 Å². The van der Waals surface area contributed by atoms with Crippen LogP contribution >= 0.6 is 7.82 Å². The molecule has 1 rings (SSSR count). The predicted octanol–water partition coefficient (Wildman–Crippen LogP) is 4.48. The third kappa shape index (κ3) is 10.9. The van der Waals surface area contributed by atoms with Crippen LogP contribution in [-0.4, -0.2) is 17.4 Å². The Labute approximate surface area is 139 Å². The molecule has 0 aromatic heterocycles. The lowest BCUT2D eigenvalue weighted by Crippen LogP contribution is -2.22. The fourth-order valence-corrected chi connectivity index (χ4v) is 3.49. The van der Waals surface area contributed by atoms with Gasteiger partial charge in [0.25, 0.3) is 0 Å². The highest BCUT2D eigenvalue weighted by Gasteiger charge is 2.24. The third-order valence-electron chi connectivity index (χ3n) is 4.29. The first kappa shape index (κ1) is 20.6. The van der Waals surface area contributed by atoms with E-state index in [-0.39, 0.29) is 12.5 Å². The lowest BCUT2D eigenvalue weighted by molar-refractivity contribution is -0.129. The smallest absolute Gasteiger partial charge is 0.301 e. The van der Waals surface area contributed by atoms with Crippen molar-refractivity contribution in [2.24, 2.45) is 5.92 Å². The molecule has 0 heterocycles. The second-order valence-electron chi connectivity index (χ2n) is 6.38. The first-order chi connectivity index (χ1) is 11.0. The molecule has 2 N–H and O–H groups in total. The van der Waals surface area contributed by atoms with Gasteiger partial charge in [-0.3, -0.25) is 9.32 Å². The van der Waals surface area contributed by atoms with E-state index in [4.69, 9.17) is 4.52 Å². The Morgan fingerprint density at radius 1 is 1.17 bits per heavy atom. The van der Waals surface area contributed by atoms with Gasteiger partial charge in [0, 0.05) is 6.42 Å². The maximum atomic E-state index is 11.7. The standard InChI is InChI=1S/C16H32NO5P/c1-2-3-4-5-9-12-16(18)17-22-23(19,20)21-14-13-15-10-7-6-8-11-15/h15H,2-14H2,1H3,(H,17,18)(H,19,20). The van der Waals surface area contributed by atoms with Crippen LogP contribution in [0.15, 0.2) is 0 Å². The zero-order valence-corrected chi connectivity index (χ0v) is 15.2. The van der Waals surface area contributed by atoms with Crippen LogP contribution in [0.4, 0.5) is 0 Å². The quantitative estimate of drug-likeness (QED) is 0.308. The van der Waals surface area contributed by atoms with Crippen LogP contribution in [0, 0.1) is 5.92 Å². The molecule has 136 valence electrons.